The van der Waals surface area contributed by atoms with Crippen LogP contribution >= 0.6 is 34.8 Å². The van der Waals surface area contributed by atoms with E-state index >= 15 is 0 Å². The Hall–Kier alpha value is 0.0900. The van der Waals surface area contributed by atoms with Crippen molar-refractivity contribution in [3.8, 4) is 0 Å². The molecule has 0 aliphatic rings. The maximum absolute atomic E-state index is 5.72. The van der Waals surface area contributed by atoms with E-state index in [2.05, 4.69) is 6.92 Å². The Morgan fingerprint density at radius 1 is 1.25 bits per heavy atom. The number of alkyl halides is 3. The maximum atomic E-state index is 5.72. The summed E-state index contributed by atoms with van der Waals surface area (Å²) < 4.78 is -1.30. The third kappa shape index (κ3) is 2.55. The Bertz CT molecular complexity index is 263. The summed E-state index contributed by atoms with van der Waals surface area (Å²) >= 11 is 17.2. The lowest BCUT2D eigenvalue weighted by Crippen LogP contribution is -2.00. The van der Waals surface area contributed by atoms with Gasteiger partial charge in [-0.15, -0.1) is 0 Å². The predicted molar refractivity (Wildman–Crippen MR) is 55.1 cm³/mol. The van der Waals surface area contributed by atoms with Gasteiger partial charge in [0.2, 0.25) is 3.79 Å². The summed E-state index contributed by atoms with van der Waals surface area (Å²) in [5, 5.41) is 0. The van der Waals surface area contributed by atoms with Crippen LogP contribution in [0.15, 0.2) is 24.3 Å². The average molecular weight is 224 g/mol. The molecule has 0 saturated carbocycles. The molecule has 3 heteroatoms. The Morgan fingerprint density at radius 2 is 1.92 bits per heavy atom. The number of benzene rings is 1. The van der Waals surface area contributed by atoms with Crippen LogP contribution in [0.3, 0.4) is 0 Å². The van der Waals surface area contributed by atoms with Crippen molar-refractivity contribution in [2.75, 3.05) is 0 Å². The first-order valence-corrected chi connectivity index (χ1v) is 4.83. The average Bonchev–Trinajstić information content (AvgIpc) is 2.03. The van der Waals surface area contributed by atoms with E-state index in [-0.39, 0.29) is 0 Å². The van der Waals surface area contributed by atoms with E-state index in [4.69, 9.17) is 34.8 Å². The second-order valence-electron chi connectivity index (χ2n) is 2.55. The molecule has 0 aliphatic carbocycles. The van der Waals surface area contributed by atoms with Gasteiger partial charge in [0, 0.05) is 5.56 Å². The van der Waals surface area contributed by atoms with Gasteiger partial charge >= 0.3 is 0 Å². The number of hydrogen-bond acceptors (Lipinski definition) is 0. The van der Waals surface area contributed by atoms with Gasteiger partial charge in [-0.05, 0) is 12.0 Å². The monoisotopic (exact) mass is 222 g/mol. The van der Waals surface area contributed by atoms with Gasteiger partial charge in [-0.2, -0.15) is 0 Å². The summed E-state index contributed by atoms with van der Waals surface area (Å²) in [6.07, 6.45) is 0.953. The van der Waals surface area contributed by atoms with Gasteiger partial charge in [0.05, 0.1) is 0 Å². The van der Waals surface area contributed by atoms with Crippen molar-refractivity contribution < 1.29 is 0 Å². The number of hydrogen-bond donors (Lipinski definition) is 0. The topological polar surface area (TPSA) is 0 Å². The van der Waals surface area contributed by atoms with Crippen LogP contribution in [0.2, 0.25) is 0 Å². The summed E-state index contributed by atoms with van der Waals surface area (Å²) in [6, 6.07) is 7.63. The van der Waals surface area contributed by atoms with Crippen molar-refractivity contribution in [3.63, 3.8) is 0 Å². The fourth-order valence-corrected chi connectivity index (χ4v) is 1.32. The van der Waals surface area contributed by atoms with Crippen molar-refractivity contribution >= 4 is 34.8 Å². The smallest absolute Gasteiger partial charge is 0.0784 e. The molecule has 1 aromatic rings. The molecule has 1 rings (SSSR count). The van der Waals surface area contributed by atoms with Crippen molar-refractivity contribution in [1.29, 1.82) is 0 Å². The van der Waals surface area contributed by atoms with Crippen LogP contribution in [0.4, 0.5) is 0 Å². The Labute approximate surface area is 87.4 Å². The lowest BCUT2D eigenvalue weighted by atomic mass is 10.1. The van der Waals surface area contributed by atoms with E-state index in [9.17, 15) is 0 Å². The van der Waals surface area contributed by atoms with Gasteiger partial charge in [-0.25, -0.2) is 0 Å². The van der Waals surface area contributed by atoms with Crippen LogP contribution < -0.4 is 0 Å². The molecule has 0 radical (unpaired) electrons. The molecule has 0 nitrogen and oxygen atoms in total. The van der Waals surface area contributed by atoms with E-state index in [1.807, 2.05) is 24.3 Å². The lowest BCUT2D eigenvalue weighted by Gasteiger charge is -2.11. The van der Waals surface area contributed by atoms with Crippen LogP contribution in [-0.2, 0) is 10.2 Å². The number of aryl methyl sites for hydroxylation is 1. The Balaban J connectivity index is 3.02. The highest BCUT2D eigenvalue weighted by Crippen LogP contribution is 2.38. The molecule has 0 amide bonds. The van der Waals surface area contributed by atoms with Gasteiger partial charge < -0.3 is 0 Å². The van der Waals surface area contributed by atoms with Crippen molar-refractivity contribution in [3.05, 3.63) is 35.4 Å². The normalized spacial score (nSPS) is 11.7. The molecule has 0 fully saturated rings. The second kappa shape index (κ2) is 3.87. The van der Waals surface area contributed by atoms with Crippen molar-refractivity contribution in [2.24, 2.45) is 0 Å². The summed E-state index contributed by atoms with van der Waals surface area (Å²) in [6.45, 7) is 2.07. The van der Waals surface area contributed by atoms with Crippen LogP contribution in [0.5, 0.6) is 0 Å². The molecular formula is C9H9Cl3. The summed E-state index contributed by atoms with van der Waals surface area (Å²) in [5.74, 6) is 0. The van der Waals surface area contributed by atoms with Crippen molar-refractivity contribution in [1.82, 2.24) is 0 Å². The molecule has 66 valence electrons. The largest absolute Gasteiger partial charge is 0.216 e. The van der Waals surface area contributed by atoms with Crippen LogP contribution in [0, 0.1) is 0 Å². The first kappa shape index (κ1) is 10.2. The van der Waals surface area contributed by atoms with E-state index in [0.29, 0.717) is 0 Å². The van der Waals surface area contributed by atoms with Gasteiger partial charge in [0.15, 0.2) is 0 Å². The van der Waals surface area contributed by atoms with E-state index in [1.165, 1.54) is 5.56 Å². The molecule has 0 aliphatic heterocycles. The summed E-state index contributed by atoms with van der Waals surface area (Å²) in [4.78, 5) is 0. The quantitative estimate of drug-likeness (QED) is 0.630. The third-order valence-corrected chi connectivity index (χ3v) is 2.32. The molecule has 0 N–H and O–H groups in total. The van der Waals surface area contributed by atoms with E-state index < -0.39 is 3.79 Å². The van der Waals surface area contributed by atoms with Gasteiger partial charge in [-0.1, -0.05) is 66.0 Å². The molecule has 0 bridgehead atoms. The fourth-order valence-electron chi connectivity index (χ4n) is 0.968. The molecule has 12 heavy (non-hydrogen) atoms. The highest BCUT2D eigenvalue weighted by molar-refractivity contribution is 6.66. The zero-order valence-corrected chi connectivity index (χ0v) is 8.92. The van der Waals surface area contributed by atoms with Crippen LogP contribution in [-0.4, -0.2) is 0 Å². The maximum Gasteiger partial charge on any atom is 0.216 e. The second-order valence-corrected chi connectivity index (χ2v) is 4.83. The summed E-state index contributed by atoms with van der Waals surface area (Å²) in [7, 11) is 0. The minimum absolute atomic E-state index is 0.729. The lowest BCUT2D eigenvalue weighted by molar-refractivity contribution is 1.11. The highest BCUT2D eigenvalue weighted by Gasteiger charge is 2.22. The van der Waals surface area contributed by atoms with E-state index in [1.54, 1.807) is 0 Å². The molecule has 1 aromatic carbocycles. The zero-order chi connectivity index (χ0) is 9.19. The Kier molecular flexibility index (Phi) is 3.28. The minimum Gasteiger partial charge on any atom is -0.0784 e. The van der Waals surface area contributed by atoms with Crippen molar-refractivity contribution in [2.45, 2.75) is 17.1 Å². The highest BCUT2D eigenvalue weighted by atomic mass is 35.6. The molecular weight excluding hydrogens is 214 g/mol. The number of rotatable bonds is 1. The molecule has 0 heterocycles. The predicted octanol–water partition coefficient (Wildman–Crippen LogP) is 4.08. The van der Waals surface area contributed by atoms with Gasteiger partial charge in [-0.3, -0.25) is 0 Å². The van der Waals surface area contributed by atoms with Gasteiger partial charge in [0.1, 0.15) is 0 Å². The fraction of sp³-hybridized carbons (Fsp3) is 0.333. The molecule has 0 atom stereocenters. The standard InChI is InChI=1S/C9H9Cl3/c1-2-7-4-3-5-8(6-7)9(10,11)12/h3-6H,2H2,1H3. The van der Waals surface area contributed by atoms with Crippen LogP contribution in [0.25, 0.3) is 0 Å². The molecule has 0 spiro atoms. The van der Waals surface area contributed by atoms with Crippen LogP contribution in [0.1, 0.15) is 18.1 Å². The zero-order valence-electron chi connectivity index (χ0n) is 6.65. The molecule has 0 unspecified atom stereocenters. The summed E-state index contributed by atoms with van der Waals surface area (Å²) in [5.41, 5.74) is 1.91. The Morgan fingerprint density at radius 3 is 2.42 bits per heavy atom. The molecule has 0 aromatic heterocycles. The SMILES string of the molecule is CCc1cccc(C(Cl)(Cl)Cl)c1. The molecule has 0 saturated heterocycles. The number of halogens is 3. The minimum atomic E-state index is -1.30. The third-order valence-electron chi connectivity index (χ3n) is 1.66. The van der Waals surface area contributed by atoms with Gasteiger partial charge in [0.25, 0.3) is 0 Å². The first-order valence-electron chi connectivity index (χ1n) is 3.70. The van der Waals surface area contributed by atoms with E-state index in [0.717, 1.165) is 12.0 Å². The first-order chi connectivity index (χ1) is 5.54.